The maximum absolute atomic E-state index is 12.3. The number of pyridine rings is 1. The van der Waals surface area contributed by atoms with Crippen molar-refractivity contribution in [1.82, 2.24) is 10.3 Å². The lowest BCUT2D eigenvalue weighted by molar-refractivity contribution is -0.139. The number of carboxylic acids is 2. The van der Waals surface area contributed by atoms with Crippen LogP contribution in [0.5, 0.6) is 0 Å². The van der Waals surface area contributed by atoms with Gasteiger partial charge in [-0.05, 0) is 73.4 Å². The van der Waals surface area contributed by atoms with Crippen LogP contribution in [-0.2, 0) is 16.0 Å². The minimum atomic E-state index is -1.18. The van der Waals surface area contributed by atoms with E-state index in [1.165, 1.54) is 56.7 Å². The summed E-state index contributed by atoms with van der Waals surface area (Å²) < 4.78 is 0. The van der Waals surface area contributed by atoms with E-state index >= 15 is 0 Å². The van der Waals surface area contributed by atoms with Crippen LogP contribution >= 0.6 is 11.6 Å². The van der Waals surface area contributed by atoms with E-state index < -0.39 is 23.9 Å². The number of aliphatic hydroxyl groups is 1. The van der Waals surface area contributed by atoms with Crippen LogP contribution in [0.15, 0.2) is 59.4 Å². The summed E-state index contributed by atoms with van der Waals surface area (Å²) in [7, 11) is 0. The first kappa shape index (κ1) is 37.8. The third-order valence-corrected chi connectivity index (χ3v) is 9.26. The molecule has 47 heavy (non-hydrogen) atoms. The van der Waals surface area contributed by atoms with Crippen LogP contribution in [0.3, 0.4) is 0 Å². The number of carbonyl (C=O) groups excluding carboxylic acids is 1. The van der Waals surface area contributed by atoms with Crippen LogP contribution in [0, 0.1) is 11.8 Å². The zero-order chi connectivity index (χ0) is 34.2. The van der Waals surface area contributed by atoms with Gasteiger partial charge in [0.05, 0.1) is 6.10 Å². The summed E-state index contributed by atoms with van der Waals surface area (Å²) in [5, 5.41) is 32.0. The van der Waals surface area contributed by atoms with Crippen molar-refractivity contribution in [2.75, 3.05) is 0 Å². The highest BCUT2D eigenvalue weighted by Gasteiger charge is 2.33. The molecule has 0 spiro atoms. The summed E-state index contributed by atoms with van der Waals surface area (Å²) in [5.74, 6) is -1.16. The predicted octanol–water partition coefficient (Wildman–Crippen LogP) is 7.38. The van der Waals surface area contributed by atoms with E-state index in [-0.39, 0.29) is 18.1 Å². The Labute approximate surface area is 281 Å². The number of aromatic amines is 1. The lowest BCUT2D eigenvalue weighted by atomic mass is 9.86. The van der Waals surface area contributed by atoms with Crippen molar-refractivity contribution < 1.29 is 29.7 Å². The van der Waals surface area contributed by atoms with Crippen LogP contribution in [0.2, 0.25) is 5.02 Å². The highest BCUT2D eigenvalue weighted by atomic mass is 35.5. The van der Waals surface area contributed by atoms with Gasteiger partial charge in [-0.25, -0.2) is 4.79 Å². The number of carbonyl (C=O) groups is 3. The van der Waals surface area contributed by atoms with Gasteiger partial charge in [0.1, 0.15) is 6.04 Å². The monoisotopic (exact) mass is 668 g/mol. The number of halogens is 1. The average molecular weight is 669 g/mol. The normalized spacial score (nSPS) is 17.9. The molecule has 0 aliphatic heterocycles. The van der Waals surface area contributed by atoms with E-state index in [2.05, 4.69) is 17.2 Å². The molecule has 10 heteroatoms. The van der Waals surface area contributed by atoms with Crippen molar-refractivity contribution in [3.8, 4) is 0 Å². The molecular weight excluding hydrogens is 620 g/mol. The second-order valence-corrected chi connectivity index (χ2v) is 13.0. The molecule has 1 fully saturated rings. The molecule has 1 aliphatic carbocycles. The molecule has 5 N–H and O–H groups in total. The lowest BCUT2D eigenvalue weighted by Gasteiger charge is -2.22. The molecule has 2 aromatic carbocycles. The van der Waals surface area contributed by atoms with Gasteiger partial charge >= 0.3 is 11.9 Å². The van der Waals surface area contributed by atoms with Gasteiger partial charge in [-0.2, -0.15) is 0 Å². The number of rotatable bonds is 17. The fourth-order valence-corrected chi connectivity index (χ4v) is 6.59. The Kier molecular flexibility index (Phi) is 16.0. The lowest BCUT2D eigenvalue weighted by Crippen LogP contribution is -2.42. The minimum absolute atomic E-state index is 0.0148. The first-order valence-corrected chi connectivity index (χ1v) is 17.3. The number of benzene rings is 2. The largest absolute Gasteiger partial charge is 0.481 e. The van der Waals surface area contributed by atoms with Gasteiger partial charge in [0, 0.05) is 40.4 Å². The number of aliphatic hydroxyl groups excluding tert-OH is 1. The third kappa shape index (κ3) is 12.8. The Hall–Kier alpha value is -3.69. The Morgan fingerprint density at radius 1 is 0.915 bits per heavy atom. The van der Waals surface area contributed by atoms with Gasteiger partial charge < -0.3 is 25.6 Å². The smallest absolute Gasteiger partial charge is 0.326 e. The highest BCUT2D eigenvalue weighted by molar-refractivity contribution is 6.30. The summed E-state index contributed by atoms with van der Waals surface area (Å²) in [4.78, 5) is 48.9. The van der Waals surface area contributed by atoms with E-state index in [1.807, 2.05) is 0 Å². The molecule has 4 rings (SSSR count). The van der Waals surface area contributed by atoms with Crippen molar-refractivity contribution in [2.24, 2.45) is 11.8 Å². The molecule has 2 unspecified atom stereocenters. The van der Waals surface area contributed by atoms with Crippen molar-refractivity contribution >= 4 is 40.3 Å². The SMILES string of the molecule is CCCCCC[C@H]1CCC(O)[C@@H]1CCCCCCC(=O)O.O=C(NC(Cc1cc(=O)[nH]c2ccccc12)C(=O)O)c1ccc(Cl)cc1. The van der Waals surface area contributed by atoms with Crippen LogP contribution in [-0.4, -0.2) is 50.3 Å². The number of unbranched alkanes of at least 4 members (excludes halogenated alkanes) is 6. The molecule has 0 saturated heterocycles. The molecule has 3 aromatic rings. The van der Waals surface area contributed by atoms with E-state index in [0.29, 0.717) is 34.0 Å². The van der Waals surface area contributed by atoms with Crippen molar-refractivity contribution in [3.05, 3.63) is 81.1 Å². The van der Waals surface area contributed by atoms with E-state index in [0.717, 1.165) is 49.8 Å². The van der Waals surface area contributed by atoms with Crippen molar-refractivity contribution in [3.63, 3.8) is 0 Å². The second-order valence-electron chi connectivity index (χ2n) is 12.5. The molecular formula is C37H49ClN2O7. The molecule has 4 atom stereocenters. The molecule has 1 aliphatic rings. The van der Waals surface area contributed by atoms with Crippen LogP contribution < -0.4 is 10.9 Å². The Morgan fingerprint density at radius 3 is 2.30 bits per heavy atom. The van der Waals surface area contributed by atoms with Crippen LogP contribution in [0.4, 0.5) is 0 Å². The first-order chi connectivity index (χ1) is 22.6. The molecule has 1 saturated carbocycles. The first-order valence-electron chi connectivity index (χ1n) is 16.9. The topological polar surface area (TPSA) is 157 Å². The third-order valence-electron chi connectivity index (χ3n) is 9.01. The number of para-hydroxylation sites is 1. The summed E-state index contributed by atoms with van der Waals surface area (Å²) in [6.07, 6.45) is 14.2. The standard InChI is InChI=1S/C19H15ClN2O4.C18H34O3/c20-13-7-5-11(6-8-13)18(24)22-16(19(25)26)9-12-10-17(23)21-15-4-2-1-3-14(12)15;1-2-3-4-7-10-15-13-14-17(19)16(15)11-8-5-6-9-12-18(20)21/h1-8,10,16H,9H2,(H,21,23)(H,22,24)(H,25,26);15-17,19H,2-14H2,1H3,(H,20,21)/t;15-,16+,17?/m.0/s1. The van der Waals surface area contributed by atoms with Gasteiger partial charge in [-0.1, -0.05) is 88.1 Å². The number of H-pyrrole nitrogens is 1. The number of nitrogens with one attached hydrogen (secondary N) is 2. The van der Waals surface area contributed by atoms with Gasteiger partial charge in [0.25, 0.3) is 5.91 Å². The molecule has 1 aromatic heterocycles. The Morgan fingerprint density at radius 2 is 1.60 bits per heavy atom. The van der Waals surface area contributed by atoms with Gasteiger partial charge in [0.2, 0.25) is 5.56 Å². The van der Waals surface area contributed by atoms with E-state index in [1.54, 1.807) is 36.4 Å². The van der Waals surface area contributed by atoms with Gasteiger partial charge in [-0.15, -0.1) is 0 Å². The van der Waals surface area contributed by atoms with Crippen molar-refractivity contribution in [2.45, 2.75) is 109 Å². The number of aromatic nitrogens is 1. The van der Waals surface area contributed by atoms with Gasteiger partial charge in [-0.3, -0.25) is 14.4 Å². The summed E-state index contributed by atoms with van der Waals surface area (Å²) in [5.41, 5.74) is 1.14. The zero-order valence-electron chi connectivity index (χ0n) is 27.3. The predicted molar refractivity (Wildman–Crippen MR) is 185 cm³/mol. The van der Waals surface area contributed by atoms with E-state index in [4.69, 9.17) is 16.7 Å². The molecule has 256 valence electrons. The molecule has 1 amide bonds. The van der Waals surface area contributed by atoms with Crippen LogP contribution in [0.1, 0.15) is 106 Å². The average Bonchev–Trinajstić information content (AvgIpc) is 3.39. The number of aliphatic carboxylic acids is 2. The molecule has 0 bridgehead atoms. The Bertz CT molecular complexity index is 1490. The Balaban J connectivity index is 0.000000262. The molecule has 9 nitrogen and oxygen atoms in total. The number of amides is 1. The highest BCUT2D eigenvalue weighted by Crippen LogP contribution is 2.39. The summed E-state index contributed by atoms with van der Waals surface area (Å²) in [6.45, 7) is 2.24. The maximum Gasteiger partial charge on any atom is 0.326 e. The van der Waals surface area contributed by atoms with Crippen molar-refractivity contribution in [1.29, 1.82) is 0 Å². The quantitative estimate of drug-likeness (QED) is 0.0940. The summed E-state index contributed by atoms with van der Waals surface area (Å²) in [6, 6.07) is 13.4. The zero-order valence-corrected chi connectivity index (χ0v) is 28.0. The fourth-order valence-electron chi connectivity index (χ4n) is 6.47. The number of hydrogen-bond donors (Lipinski definition) is 5. The second kappa shape index (κ2) is 19.9. The maximum atomic E-state index is 12.3. The number of hydrogen-bond acceptors (Lipinski definition) is 5. The van der Waals surface area contributed by atoms with E-state index in [9.17, 15) is 29.4 Å². The molecule has 1 heterocycles. The number of carboxylic acid groups (broad SMARTS) is 2. The number of fused-ring (bicyclic) bond motifs is 1. The summed E-state index contributed by atoms with van der Waals surface area (Å²) >= 11 is 5.79. The van der Waals surface area contributed by atoms with Crippen LogP contribution in [0.25, 0.3) is 10.9 Å². The molecule has 0 radical (unpaired) electrons. The van der Waals surface area contributed by atoms with Gasteiger partial charge in [0.15, 0.2) is 0 Å². The fraction of sp³-hybridized carbons (Fsp3) is 0.514. The minimum Gasteiger partial charge on any atom is -0.481 e.